The molecule has 2 amide bonds. The van der Waals surface area contributed by atoms with E-state index in [1.807, 2.05) is 30.3 Å². The smallest absolute Gasteiger partial charge is 0.274 e. The Morgan fingerprint density at radius 3 is 2.82 bits per heavy atom. The van der Waals surface area contributed by atoms with E-state index < -0.39 is 0 Å². The van der Waals surface area contributed by atoms with Gasteiger partial charge in [0.2, 0.25) is 5.91 Å². The molecule has 2 N–H and O–H groups in total. The van der Waals surface area contributed by atoms with Gasteiger partial charge in [0.15, 0.2) is 5.69 Å². The van der Waals surface area contributed by atoms with Crippen LogP contribution in [0.1, 0.15) is 28.2 Å². The zero-order valence-corrected chi connectivity index (χ0v) is 12.2. The number of aromatic nitrogens is 3. The van der Waals surface area contributed by atoms with Crippen LogP contribution >= 0.6 is 0 Å². The number of aryl methyl sites for hydroxylation is 1. The Morgan fingerprint density at radius 2 is 2.14 bits per heavy atom. The van der Waals surface area contributed by atoms with Crippen LogP contribution in [0.5, 0.6) is 0 Å². The maximum atomic E-state index is 12.1. The zero-order chi connectivity index (χ0) is 15.5. The van der Waals surface area contributed by atoms with Crippen LogP contribution in [0.3, 0.4) is 0 Å². The molecule has 1 aliphatic heterocycles. The molecule has 114 valence electrons. The van der Waals surface area contributed by atoms with Gasteiger partial charge in [0.25, 0.3) is 5.91 Å². The van der Waals surface area contributed by atoms with Gasteiger partial charge in [-0.15, -0.1) is 0 Å². The molecule has 1 fully saturated rings. The lowest BCUT2D eigenvalue weighted by atomic mass is 10.2. The van der Waals surface area contributed by atoms with Crippen molar-refractivity contribution in [1.29, 1.82) is 0 Å². The van der Waals surface area contributed by atoms with Gasteiger partial charge in [-0.3, -0.25) is 9.59 Å². The van der Waals surface area contributed by atoms with Crippen LogP contribution in [0.25, 0.3) is 0 Å². The number of benzene rings is 1. The Hall–Kier alpha value is -2.70. The fourth-order valence-electron chi connectivity index (χ4n) is 2.58. The van der Waals surface area contributed by atoms with Crippen molar-refractivity contribution in [1.82, 2.24) is 25.6 Å². The predicted octanol–water partition coefficient (Wildman–Crippen LogP) is 0.644. The summed E-state index contributed by atoms with van der Waals surface area (Å²) in [5.41, 5.74) is 1.90. The molecule has 1 atom stereocenters. The van der Waals surface area contributed by atoms with Crippen molar-refractivity contribution in [2.45, 2.75) is 25.9 Å². The molecule has 2 heterocycles. The molecule has 0 aliphatic carbocycles. The highest BCUT2D eigenvalue weighted by Gasteiger charge is 2.31. The first kappa shape index (κ1) is 14.2. The lowest BCUT2D eigenvalue weighted by Crippen LogP contribution is -2.37. The van der Waals surface area contributed by atoms with Crippen molar-refractivity contribution < 1.29 is 9.59 Å². The second-order valence-electron chi connectivity index (χ2n) is 5.39. The maximum absolute atomic E-state index is 12.1. The minimum Gasteiger partial charge on any atom is -0.346 e. The minimum absolute atomic E-state index is 0.0472. The van der Waals surface area contributed by atoms with E-state index in [0.717, 1.165) is 5.56 Å². The summed E-state index contributed by atoms with van der Waals surface area (Å²) in [6.45, 7) is 2.78. The molecule has 0 radical (unpaired) electrons. The summed E-state index contributed by atoms with van der Waals surface area (Å²) in [6.07, 6.45) is 0.315. The SMILES string of the molecule is Cc1n[nH]nc1C(=O)N[C@H]1CC(=O)N(Cc2ccccc2)C1. The van der Waals surface area contributed by atoms with Gasteiger partial charge in [0.1, 0.15) is 0 Å². The minimum atomic E-state index is -0.300. The highest BCUT2D eigenvalue weighted by molar-refractivity contribution is 5.94. The molecule has 1 aromatic heterocycles. The molecule has 2 aromatic rings. The summed E-state index contributed by atoms with van der Waals surface area (Å²) in [5, 5.41) is 12.9. The molecule has 1 aliphatic rings. The second-order valence-corrected chi connectivity index (χ2v) is 5.39. The van der Waals surface area contributed by atoms with Crippen LogP contribution < -0.4 is 5.32 Å². The molecule has 1 saturated heterocycles. The third kappa shape index (κ3) is 2.98. The number of rotatable bonds is 4. The summed E-state index contributed by atoms with van der Waals surface area (Å²) < 4.78 is 0. The topological polar surface area (TPSA) is 91.0 Å². The standard InChI is InChI=1S/C15H17N5O2/c1-10-14(18-19-17-10)15(22)16-12-7-13(21)20(9-12)8-11-5-3-2-4-6-11/h2-6,12H,7-9H2,1H3,(H,16,22)(H,17,18,19)/t12-/m0/s1. The second kappa shape index (κ2) is 5.97. The van der Waals surface area contributed by atoms with Crippen LogP contribution in [0.4, 0.5) is 0 Å². The molecule has 7 nitrogen and oxygen atoms in total. The number of aromatic amines is 1. The first-order valence-electron chi connectivity index (χ1n) is 7.13. The summed E-state index contributed by atoms with van der Waals surface area (Å²) in [5.74, 6) is -0.253. The third-order valence-corrected chi connectivity index (χ3v) is 3.70. The number of hydrogen-bond donors (Lipinski definition) is 2. The van der Waals surface area contributed by atoms with E-state index >= 15 is 0 Å². The molecule has 0 bridgehead atoms. The monoisotopic (exact) mass is 299 g/mol. The number of carbonyl (C=O) groups excluding carboxylic acids is 2. The average Bonchev–Trinajstić information content (AvgIpc) is 3.07. The van der Waals surface area contributed by atoms with Crippen LogP contribution in [0, 0.1) is 6.92 Å². The lowest BCUT2D eigenvalue weighted by molar-refractivity contribution is -0.128. The van der Waals surface area contributed by atoms with Gasteiger partial charge < -0.3 is 10.2 Å². The first-order chi connectivity index (χ1) is 10.6. The predicted molar refractivity (Wildman–Crippen MR) is 78.8 cm³/mol. The number of H-pyrrole nitrogens is 1. The van der Waals surface area contributed by atoms with E-state index in [4.69, 9.17) is 0 Å². The van der Waals surface area contributed by atoms with Gasteiger partial charge in [-0.05, 0) is 12.5 Å². The fourth-order valence-corrected chi connectivity index (χ4v) is 2.58. The molecular weight excluding hydrogens is 282 g/mol. The Kier molecular flexibility index (Phi) is 3.86. The summed E-state index contributed by atoms with van der Waals surface area (Å²) >= 11 is 0. The van der Waals surface area contributed by atoms with E-state index in [1.54, 1.807) is 11.8 Å². The average molecular weight is 299 g/mol. The lowest BCUT2D eigenvalue weighted by Gasteiger charge is -2.17. The van der Waals surface area contributed by atoms with Crippen LogP contribution in [-0.4, -0.2) is 44.7 Å². The number of amides is 2. The van der Waals surface area contributed by atoms with Crippen molar-refractivity contribution in [2.24, 2.45) is 0 Å². The normalized spacial score (nSPS) is 17.8. The number of nitrogens with zero attached hydrogens (tertiary/aromatic N) is 3. The van der Waals surface area contributed by atoms with Gasteiger partial charge in [-0.1, -0.05) is 30.3 Å². The van der Waals surface area contributed by atoms with E-state index in [-0.39, 0.29) is 23.6 Å². The summed E-state index contributed by atoms with van der Waals surface area (Å²) in [7, 11) is 0. The van der Waals surface area contributed by atoms with Crippen molar-refractivity contribution >= 4 is 11.8 Å². The molecule has 22 heavy (non-hydrogen) atoms. The molecule has 0 spiro atoms. The number of likely N-dealkylation sites (tertiary alicyclic amines) is 1. The van der Waals surface area contributed by atoms with Crippen LogP contribution in [0.15, 0.2) is 30.3 Å². The summed E-state index contributed by atoms with van der Waals surface area (Å²) in [4.78, 5) is 25.9. The fraction of sp³-hybridized carbons (Fsp3) is 0.333. The molecular formula is C15H17N5O2. The number of hydrogen-bond acceptors (Lipinski definition) is 4. The van der Waals surface area contributed by atoms with Gasteiger partial charge in [-0.2, -0.15) is 15.4 Å². The van der Waals surface area contributed by atoms with Gasteiger partial charge in [0, 0.05) is 19.5 Å². The Bertz CT molecular complexity index is 682. The Balaban J connectivity index is 1.60. The summed E-state index contributed by atoms with van der Waals surface area (Å²) in [6, 6.07) is 9.61. The Labute approximate surface area is 127 Å². The van der Waals surface area contributed by atoms with Crippen molar-refractivity contribution in [2.75, 3.05) is 6.54 Å². The molecule has 0 unspecified atom stereocenters. The van der Waals surface area contributed by atoms with E-state index in [1.165, 1.54) is 0 Å². The van der Waals surface area contributed by atoms with Crippen LogP contribution in [-0.2, 0) is 11.3 Å². The van der Waals surface area contributed by atoms with Crippen molar-refractivity contribution in [3.63, 3.8) is 0 Å². The van der Waals surface area contributed by atoms with Crippen LogP contribution in [0.2, 0.25) is 0 Å². The number of nitrogens with one attached hydrogen (secondary N) is 2. The van der Waals surface area contributed by atoms with E-state index in [0.29, 0.717) is 25.2 Å². The molecule has 7 heteroatoms. The zero-order valence-electron chi connectivity index (χ0n) is 12.2. The van der Waals surface area contributed by atoms with Crippen molar-refractivity contribution in [3.8, 4) is 0 Å². The third-order valence-electron chi connectivity index (χ3n) is 3.70. The van der Waals surface area contributed by atoms with Crippen molar-refractivity contribution in [3.05, 3.63) is 47.3 Å². The van der Waals surface area contributed by atoms with Gasteiger partial charge >= 0.3 is 0 Å². The maximum Gasteiger partial charge on any atom is 0.274 e. The highest BCUT2D eigenvalue weighted by atomic mass is 16.2. The van der Waals surface area contributed by atoms with Gasteiger partial charge in [-0.25, -0.2) is 0 Å². The molecule has 3 rings (SSSR count). The first-order valence-corrected chi connectivity index (χ1v) is 7.13. The largest absolute Gasteiger partial charge is 0.346 e. The van der Waals surface area contributed by atoms with Gasteiger partial charge in [0.05, 0.1) is 11.7 Å². The Morgan fingerprint density at radius 1 is 1.36 bits per heavy atom. The number of carbonyl (C=O) groups is 2. The van der Waals surface area contributed by atoms with E-state index in [2.05, 4.69) is 20.7 Å². The highest BCUT2D eigenvalue weighted by Crippen LogP contribution is 2.15. The molecule has 1 aromatic carbocycles. The quantitative estimate of drug-likeness (QED) is 0.867. The van der Waals surface area contributed by atoms with E-state index in [9.17, 15) is 9.59 Å². The molecule has 0 saturated carbocycles.